The van der Waals surface area contributed by atoms with E-state index in [0.717, 1.165) is 22.6 Å². The van der Waals surface area contributed by atoms with Gasteiger partial charge < -0.3 is 0 Å². The van der Waals surface area contributed by atoms with E-state index in [0.29, 0.717) is 11.3 Å². The normalized spacial score (nSPS) is 14.2. The van der Waals surface area contributed by atoms with Crippen LogP contribution in [0.2, 0.25) is 0 Å². The zero-order valence-electron chi connectivity index (χ0n) is 12.9. The number of hydrogen-bond acceptors (Lipinski definition) is 3. The molecule has 3 aromatic rings. The second-order valence-corrected chi connectivity index (χ2v) is 7.90. The van der Waals surface area contributed by atoms with Crippen molar-refractivity contribution in [2.75, 3.05) is 0 Å². The fourth-order valence-corrected chi connectivity index (χ4v) is 4.95. The van der Waals surface area contributed by atoms with Gasteiger partial charge in [-0.3, -0.25) is 9.19 Å². The van der Waals surface area contributed by atoms with Crippen LogP contribution in [0.1, 0.15) is 26.8 Å². The van der Waals surface area contributed by atoms with Crippen LogP contribution in [0.3, 0.4) is 0 Å². The summed E-state index contributed by atoms with van der Waals surface area (Å²) in [5.41, 5.74) is 2.37. The van der Waals surface area contributed by atoms with Crippen molar-refractivity contribution in [3.05, 3.63) is 87.9 Å². The van der Waals surface area contributed by atoms with E-state index in [2.05, 4.69) is 4.98 Å². The molecule has 3 rings (SSSR count). The van der Waals surface area contributed by atoms with Crippen molar-refractivity contribution in [2.45, 2.75) is 17.2 Å². The first-order valence-corrected chi connectivity index (χ1v) is 9.68. The molecule has 25 heavy (non-hydrogen) atoms. The Labute approximate surface area is 149 Å². The Balaban J connectivity index is 1.95. The summed E-state index contributed by atoms with van der Waals surface area (Å²) in [6, 6.07) is 14.1. The molecule has 0 saturated carbocycles. The third-order valence-corrected chi connectivity index (χ3v) is 6.30. The zero-order chi connectivity index (χ0) is 17.9. The van der Waals surface area contributed by atoms with Gasteiger partial charge in [0, 0.05) is 21.9 Å². The lowest BCUT2D eigenvalue weighted by atomic mass is 10.0. The van der Waals surface area contributed by atoms with Gasteiger partial charge in [0.15, 0.2) is 0 Å². The number of aromatic nitrogens is 1. The molecule has 0 spiro atoms. The molecular weight excluding hydrogens is 367 g/mol. The first kappa shape index (κ1) is 17.8. The summed E-state index contributed by atoms with van der Waals surface area (Å²) in [5.74, 6) is 0.311. The SMILES string of the molecule is O=[S@](Cc1cncs1)[C@H](c1ccccc1)c1ccc(C(F)(F)F)cc1. The van der Waals surface area contributed by atoms with E-state index in [1.165, 1.54) is 23.5 Å². The number of alkyl halides is 3. The van der Waals surface area contributed by atoms with E-state index < -0.39 is 27.8 Å². The van der Waals surface area contributed by atoms with Crippen LogP contribution in [-0.2, 0) is 22.7 Å². The van der Waals surface area contributed by atoms with Gasteiger partial charge in [-0.25, -0.2) is 0 Å². The predicted molar refractivity (Wildman–Crippen MR) is 93.7 cm³/mol. The molecule has 1 heterocycles. The van der Waals surface area contributed by atoms with Gasteiger partial charge in [-0.15, -0.1) is 11.3 Å². The molecule has 0 N–H and O–H groups in total. The third kappa shape index (κ3) is 4.35. The minimum atomic E-state index is -4.39. The van der Waals surface area contributed by atoms with E-state index in [9.17, 15) is 17.4 Å². The van der Waals surface area contributed by atoms with Crippen molar-refractivity contribution in [3.8, 4) is 0 Å². The highest BCUT2D eigenvalue weighted by molar-refractivity contribution is 7.84. The smallest absolute Gasteiger partial charge is 0.258 e. The van der Waals surface area contributed by atoms with Gasteiger partial charge in [-0.1, -0.05) is 42.5 Å². The van der Waals surface area contributed by atoms with Gasteiger partial charge in [-0.05, 0) is 23.3 Å². The lowest BCUT2D eigenvalue weighted by molar-refractivity contribution is -0.137. The van der Waals surface area contributed by atoms with E-state index >= 15 is 0 Å². The van der Waals surface area contributed by atoms with Gasteiger partial charge in [0.1, 0.15) is 0 Å². The number of benzene rings is 2. The molecule has 2 atom stereocenters. The molecule has 1 aromatic heterocycles. The quantitative estimate of drug-likeness (QED) is 0.608. The summed E-state index contributed by atoms with van der Waals surface area (Å²) in [4.78, 5) is 4.86. The topological polar surface area (TPSA) is 30.0 Å². The van der Waals surface area contributed by atoms with Crippen LogP contribution in [0.4, 0.5) is 13.2 Å². The molecular formula is C18H14F3NOS2. The molecule has 0 unspecified atom stereocenters. The molecule has 2 aromatic carbocycles. The van der Waals surface area contributed by atoms with Gasteiger partial charge in [-0.2, -0.15) is 13.2 Å². The number of rotatable bonds is 5. The van der Waals surface area contributed by atoms with Crippen molar-refractivity contribution in [1.82, 2.24) is 4.98 Å². The van der Waals surface area contributed by atoms with Gasteiger partial charge in [0.2, 0.25) is 0 Å². The molecule has 7 heteroatoms. The lowest BCUT2D eigenvalue weighted by Gasteiger charge is -2.18. The van der Waals surface area contributed by atoms with Crippen LogP contribution < -0.4 is 0 Å². The molecule has 0 bridgehead atoms. The fraction of sp³-hybridized carbons (Fsp3) is 0.167. The minimum absolute atomic E-state index is 0.311. The number of thiazole rings is 1. The largest absolute Gasteiger partial charge is 0.416 e. The molecule has 0 radical (unpaired) electrons. The van der Waals surface area contributed by atoms with E-state index in [1.807, 2.05) is 30.3 Å². The highest BCUT2D eigenvalue weighted by Gasteiger charge is 2.31. The maximum absolute atomic E-state index is 13.0. The van der Waals surface area contributed by atoms with Crippen molar-refractivity contribution >= 4 is 22.1 Å². The van der Waals surface area contributed by atoms with Crippen LogP contribution in [-0.4, -0.2) is 9.19 Å². The first-order chi connectivity index (χ1) is 11.9. The zero-order valence-corrected chi connectivity index (χ0v) is 14.6. The van der Waals surface area contributed by atoms with Crippen LogP contribution >= 0.6 is 11.3 Å². The van der Waals surface area contributed by atoms with Crippen molar-refractivity contribution < 1.29 is 17.4 Å². The Hall–Kier alpha value is -1.99. The van der Waals surface area contributed by atoms with Crippen LogP contribution in [0.5, 0.6) is 0 Å². The van der Waals surface area contributed by atoms with Crippen LogP contribution in [0.15, 0.2) is 66.3 Å². The maximum atomic E-state index is 13.0. The summed E-state index contributed by atoms with van der Waals surface area (Å²) < 4.78 is 51.3. The Morgan fingerprint density at radius 1 is 1.00 bits per heavy atom. The highest BCUT2D eigenvalue weighted by Crippen LogP contribution is 2.34. The standard InChI is InChI=1S/C18H14F3NOS2/c19-18(20,21)15-8-6-14(7-9-15)17(13-4-2-1-3-5-13)25(23)11-16-10-22-12-24-16/h1-10,12,17H,11H2/t17-,25-/m1/s1. The van der Waals surface area contributed by atoms with Gasteiger partial charge >= 0.3 is 6.18 Å². The van der Waals surface area contributed by atoms with Crippen molar-refractivity contribution in [2.24, 2.45) is 0 Å². The Morgan fingerprint density at radius 2 is 1.64 bits per heavy atom. The Morgan fingerprint density at radius 3 is 2.20 bits per heavy atom. The summed E-state index contributed by atoms with van der Waals surface area (Å²) in [7, 11) is -1.33. The fourth-order valence-electron chi connectivity index (χ4n) is 2.51. The second kappa shape index (κ2) is 7.49. The summed E-state index contributed by atoms with van der Waals surface area (Å²) in [6.07, 6.45) is -2.72. The Bertz CT molecular complexity index is 831. The summed E-state index contributed by atoms with van der Waals surface area (Å²) in [6.45, 7) is 0. The molecule has 2 nitrogen and oxygen atoms in total. The van der Waals surface area contributed by atoms with E-state index in [4.69, 9.17) is 0 Å². The lowest BCUT2D eigenvalue weighted by Crippen LogP contribution is -2.11. The summed E-state index contributed by atoms with van der Waals surface area (Å²) in [5, 5.41) is -0.495. The minimum Gasteiger partial charge on any atom is -0.258 e. The van der Waals surface area contributed by atoms with Crippen LogP contribution in [0, 0.1) is 0 Å². The van der Waals surface area contributed by atoms with Crippen molar-refractivity contribution in [3.63, 3.8) is 0 Å². The Kier molecular flexibility index (Phi) is 5.34. The molecule has 0 aliphatic carbocycles. The van der Waals surface area contributed by atoms with Crippen molar-refractivity contribution in [1.29, 1.82) is 0 Å². The molecule has 0 fully saturated rings. The highest BCUT2D eigenvalue weighted by atomic mass is 32.2. The van der Waals surface area contributed by atoms with E-state index in [1.54, 1.807) is 11.7 Å². The first-order valence-electron chi connectivity index (χ1n) is 7.42. The number of halogens is 3. The molecule has 130 valence electrons. The molecule has 0 saturated heterocycles. The average Bonchev–Trinajstić information content (AvgIpc) is 3.09. The average molecular weight is 381 g/mol. The van der Waals surface area contributed by atoms with Gasteiger partial charge in [0.25, 0.3) is 0 Å². The number of hydrogen-bond donors (Lipinski definition) is 0. The third-order valence-electron chi connectivity index (χ3n) is 3.67. The molecule has 0 aliphatic rings. The van der Waals surface area contributed by atoms with E-state index in [-0.39, 0.29) is 0 Å². The predicted octanol–water partition coefficient (Wildman–Crippen LogP) is 5.20. The summed E-state index contributed by atoms with van der Waals surface area (Å²) >= 11 is 1.41. The second-order valence-electron chi connectivity index (χ2n) is 5.40. The van der Waals surface area contributed by atoms with Crippen LogP contribution in [0.25, 0.3) is 0 Å². The molecule has 0 amide bonds. The number of nitrogens with zero attached hydrogens (tertiary/aromatic N) is 1. The maximum Gasteiger partial charge on any atom is 0.416 e. The molecule has 0 aliphatic heterocycles. The van der Waals surface area contributed by atoms with Gasteiger partial charge in [0.05, 0.1) is 22.1 Å². The monoisotopic (exact) mass is 381 g/mol.